The van der Waals surface area contributed by atoms with Crippen molar-refractivity contribution in [2.45, 2.75) is 18.9 Å². The van der Waals surface area contributed by atoms with Crippen molar-refractivity contribution in [2.75, 3.05) is 24.8 Å². The monoisotopic (exact) mass is 351 g/mol. The summed E-state index contributed by atoms with van der Waals surface area (Å²) in [6, 6.07) is 15.3. The van der Waals surface area contributed by atoms with Crippen LogP contribution < -0.4 is 14.4 Å². The van der Waals surface area contributed by atoms with Crippen LogP contribution >= 0.6 is 0 Å². The molecule has 26 heavy (non-hydrogen) atoms. The molecule has 134 valence electrons. The summed E-state index contributed by atoms with van der Waals surface area (Å²) in [5.41, 5.74) is 1.77. The maximum Gasteiger partial charge on any atom is 0.251 e. The number of fused-ring (bicyclic) bond motifs is 1. The molecule has 2 aromatic carbocycles. The Hall–Kier alpha value is -2.79. The van der Waals surface area contributed by atoms with E-state index >= 15 is 0 Å². The molecule has 2 aliphatic heterocycles. The van der Waals surface area contributed by atoms with Crippen molar-refractivity contribution in [3.63, 3.8) is 0 Å². The number of hydrogen-bond acceptors (Lipinski definition) is 4. The third-order valence-electron chi connectivity index (χ3n) is 4.56. The van der Waals surface area contributed by atoms with Gasteiger partial charge in [0.05, 0.1) is 12.6 Å². The van der Waals surface area contributed by atoms with Crippen molar-refractivity contribution < 1.29 is 19.0 Å². The maximum absolute atomic E-state index is 12.9. The van der Waals surface area contributed by atoms with Gasteiger partial charge in [-0.05, 0) is 48.7 Å². The summed E-state index contributed by atoms with van der Waals surface area (Å²) in [6.45, 7) is 1.58. The minimum atomic E-state index is -0.0654. The van der Waals surface area contributed by atoms with E-state index in [0.717, 1.165) is 36.4 Å². The lowest BCUT2D eigenvalue weighted by atomic mass is 10.1. The Morgan fingerprint density at radius 2 is 1.96 bits per heavy atom. The number of anilines is 1. The number of carbonyl (C=O) groups excluding carboxylic acids is 1. The van der Waals surface area contributed by atoms with Crippen molar-refractivity contribution in [1.82, 2.24) is 0 Å². The molecule has 0 N–H and O–H groups in total. The second-order valence-electron chi connectivity index (χ2n) is 6.37. The zero-order valence-corrected chi connectivity index (χ0v) is 14.5. The first-order valence-electron chi connectivity index (χ1n) is 8.85. The summed E-state index contributed by atoms with van der Waals surface area (Å²) in [6.07, 6.45) is 5.53. The van der Waals surface area contributed by atoms with Crippen molar-refractivity contribution >= 4 is 17.7 Å². The largest absolute Gasteiger partial charge is 0.454 e. The number of ether oxygens (including phenoxy) is 3. The van der Waals surface area contributed by atoms with Crippen LogP contribution in [0, 0.1) is 0 Å². The SMILES string of the molecule is O=C(/C=C/c1ccc2c(c1)OCO2)N(CC1CCCO1)c1ccccc1. The van der Waals surface area contributed by atoms with Crippen LogP contribution in [0.1, 0.15) is 18.4 Å². The molecular formula is C21H21NO4. The van der Waals surface area contributed by atoms with Gasteiger partial charge in [0, 0.05) is 18.4 Å². The van der Waals surface area contributed by atoms with Gasteiger partial charge in [0.25, 0.3) is 5.91 Å². The highest BCUT2D eigenvalue weighted by molar-refractivity contribution is 6.03. The van der Waals surface area contributed by atoms with Gasteiger partial charge in [0.2, 0.25) is 6.79 Å². The predicted octanol–water partition coefficient (Wildman–Crippen LogP) is 3.64. The topological polar surface area (TPSA) is 48.0 Å². The van der Waals surface area contributed by atoms with Gasteiger partial charge in [0.1, 0.15) is 0 Å². The fourth-order valence-corrected chi connectivity index (χ4v) is 3.20. The summed E-state index contributed by atoms with van der Waals surface area (Å²) >= 11 is 0. The minimum absolute atomic E-state index is 0.0654. The highest BCUT2D eigenvalue weighted by Crippen LogP contribution is 2.32. The Morgan fingerprint density at radius 1 is 1.12 bits per heavy atom. The first-order valence-corrected chi connectivity index (χ1v) is 8.85. The molecule has 2 aromatic rings. The van der Waals surface area contributed by atoms with Crippen molar-refractivity contribution in [3.8, 4) is 11.5 Å². The van der Waals surface area contributed by atoms with Gasteiger partial charge >= 0.3 is 0 Å². The van der Waals surface area contributed by atoms with E-state index in [1.54, 1.807) is 17.1 Å². The van der Waals surface area contributed by atoms with E-state index in [4.69, 9.17) is 14.2 Å². The van der Waals surface area contributed by atoms with E-state index < -0.39 is 0 Å². The average molecular weight is 351 g/mol. The fourth-order valence-electron chi connectivity index (χ4n) is 3.20. The first kappa shape index (κ1) is 16.7. The molecule has 0 aliphatic carbocycles. The number of benzene rings is 2. The molecule has 1 amide bonds. The molecule has 1 atom stereocenters. The van der Waals surface area contributed by atoms with Gasteiger partial charge in [-0.1, -0.05) is 24.3 Å². The molecule has 0 spiro atoms. The molecule has 1 saturated heterocycles. The second-order valence-corrected chi connectivity index (χ2v) is 6.37. The van der Waals surface area contributed by atoms with Crippen LogP contribution in [0.15, 0.2) is 54.6 Å². The minimum Gasteiger partial charge on any atom is -0.454 e. The molecule has 0 bridgehead atoms. The smallest absolute Gasteiger partial charge is 0.251 e. The van der Waals surface area contributed by atoms with Crippen LogP contribution in [0.3, 0.4) is 0 Å². The van der Waals surface area contributed by atoms with E-state index in [0.29, 0.717) is 12.3 Å². The molecule has 0 radical (unpaired) electrons. The van der Waals surface area contributed by atoms with Gasteiger partial charge in [-0.3, -0.25) is 4.79 Å². The van der Waals surface area contributed by atoms with Crippen molar-refractivity contribution in [3.05, 3.63) is 60.2 Å². The maximum atomic E-state index is 12.9. The summed E-state index contributed by atoms with van der Waals surface area (Å²) in [5.74, 6) is 1.38. The van der Waals surface area contributed by atoms with E-state index in [9.17, 15) is 4.79 Å². The number of rotatable bonds is 5. The van der Waals surface area contributed by atoms with Crippen molar-refractivity contribution in [1.29, 1.82) is 0 Å². The van der Waals surface area contributed by atoms with Crippen molar-refractivity contribution in [2.24, 2.45) is 0 Å². The lowest BCUT2D eigenvalue weighted by Gasteiger charge is -2.24. The molecule has 2 heterocycles. The van der Waals surface area contributed by atoms with Crippen LogP contribution in [0.2, 0.25) is 0 Å². The molecule has 5 heteroatoms. The second kappa shape index (κ2) is 7.62. The van der Waals surface area contributed by atoms with Crippen LogP contribution in [-0.4, -0.2) is 32.0 Å². The zero-order valence-electron chi connectivity index (χ0n) is 14.5. The van der Waals surface area contributed by atoms with Gasteiger partial charge < -0.3 is 19.1 Å². The number of para-hydroxylation sites is 1. The molecule has 1 fully saturated rings. The van der Waals surface area contributed by atoms with Gasteiger partial charge in [-0.2, -0.15) is 0 Å². The Labute approximate surface area is 152 Å². The summed E-state index contributed by atoms with van der Waals surface area (Å²) in [7, 11) is 0. The van der Waals surface area contributed by atoms with Crippen LogP contribution in [0.4, 0.5) is 5.69 Å². The van der Waals surface area contributed by atoms with Gasteiger partial charge in [0.15, 0.2) is 11.5 Å². The predicted molar refractivity (Wildman–Crippen MR) is 99.4 cm³/mol. The molecular weight excluding hydrogens is 330 g/mol. The third kappa shape index (κ3) is 3.73. The average Bonchev–Trinajstić information content (AvgIpc) is 3.36. The summed E-state index contributed by atoms with van der Waals surface area (Å²) in [4.78, 5) is 14.6. The Morgan fingerprint density at radius 3 is 2.77 bits per heavy atom. The van der Waals surface area contributed by atoms with E-state index in [2.05, 4.69) is 0 Å². The molecule has 0 saturated carbocycles. The number of amides is 1. The van der Waals surface area contributed by atoms with E-state index in [1.807, 2.05) is 48.5 Å². The standard InChI is InChI=1S/C21H21NO4/c23-21(11-9-16-8-10-19-20(13-16)26-15-25-19)22(14-18-7-4-12-24-18)17-5-2-1-3-6-17/h1-3,5-6,8-11,13,18H,4,7,12,14-15H2/b11-9+. The van der Waals surface area contributed by atoms with Crippen LogP contribution in [0.5, 0.6) is 11.5 Å². The van der Waals surface area contributed by atoms with Crippen LogP contribution in [-0.2, 0) is 9.53 Å². The zero-order chi connectivity index (χ0) is 17.8. The summed E-state index contributed by atoms with van der Waals surface area (Å²) < 4.78 is 16.4. The van der Waals surface area contributed by atoms with E-state index in [-0.39, 0.29) is 18.8 Å². The number of carbonyl (C=O) groups is 1. The Kier molecular flexibility index (Phi) is 4.88. The molecule has 1 unspecified atom stereocenters. The first-order chi connectivity index (χ1) is 12.8. The molecule has 5 nitrogen and oxygen atoms in total. The molecule has 4 rings (SSSR count). The summed E-state index contributed by atoms with van der Waals surface area (Å²) in [5, 5.41) is 0. The lowest BCUT2D eigenvalue weighted by molar-refractivity contribution is -0.114. The quantitative estimate of drug-likeness (QED) is 0.772. The highest BCUT2D eigenvalue weighted by atomic mass is 16.7. The number of nitrogens with zero attached hydrogens (tertiary/aromatic N) is 1. The molecule has 0 aromatic heterocycles. The molecule has 2 aliphatic rings. The Balaban J connectivity index is 1.51. The number of hydrogen-bond donors (Lipinski definition) is 0. The Bertz CT molecular complexity index is 797. The van der Waals surface area contributed by atoms with Gasteiger partial charge in [-0.15, -0.1) is 0 Å². The van der Waals surface area contributed by atoms with E-state index in [1.165, 1.54) is 0 Å². The highest BCUT2D eigenvalue weighted by Gasteiger charge is 2.22. The van der Waals surface area contributed by atoms with Crippen LogP contribution in [0.25, 0.3) is 6.08 Å². The van der Waals surface area contributed by atoms with Gasteiger partial charge in [-0.25, -0.2) is 0 Å². The third-order valence-corrected chi connectivity index (χ3v) is 4.56. The normalized spacial score (nSPS) is 18.4. The fraction of sp³-hybridized carbons (Fsp3) is 0.286. The lowest BCUT2D eigenvalue weighted by Crippen LogP contribution is -2.36.